The van der Waals surface area contributed by atoms with E-state index in [0.717, 1.165) is 16.5 Å². The summed E-state index contributed by atoms with van der Waals surface area (Å²) < 4.78 is 18.6. The molecule has 0 bridgehead atoms. The van der Waals surface area contributed by atoms with Gasteiger partial charge in [0.05, 0.1) is 18.9 Å². The topological polar surface area (TPSA) is 38.3 Å². The summed E-state index contributed by atoms with van der Waals surface area (Å²) in [6, 6.07) is 19.2. The smallest absolute Gasteiger partial charge is 0.230 e. The van der Waals surface area contributed by atoms with Gasteiger partial charge < -0.3 is 10.1 Å². The highest BCUT2D eigenvalue weighted by Crippen LogP contribution is 2.22. The number of rotatable bonds is 7. The van der Waals surface area contributed by atoms with Crippen LogP contribution in [0, 0.1) is 5.82 Å². The predicted octanol–water partition coefficient (Wildman–Crippen LogP) is 5.10. The third-order valence-electron chi connectivity index (χ3n) is 4.37. The number of ether oxygens (including phenoxy) is 1. The number of carbonyl (C=O) groups is 1. The minimum atomic E-state index is -0.384. The van der Waals surface area contributed by atoms with Crippen LogP contribution in [0.5, 0.6) is 5.75 Å². The zero-order valence-corrected chi connectivity index (χ0v) is 16.2. The fourth-order valence-corrected chi connectivity index (χ4v) is 3.69. The number of amides is 1. The first-order valence-electron chi connectivity index (χ1n) is 8.75. The van der Waals surface area contributed by atoms with Crippen LogP contribution in [0.4, 0.5) is 4.39 Å². The maximum absolute atomic E-state index is 13.7. The summed E-state index contributed by atoms with van der Waals surface area (Å²) in [5.74, 6) is 0.704. The van der Waals surface area contributed by atoms with Gasteiger partial charge in [0.25, 0.3) is 0 Å². The number of hydrogen-bond donors (Lipinski definition) is 1. The molecule has 5 heteroatoms. The highest BCUT2D eigenvalue weighted by atomic mass is 32.2. The molecule has 0 aliphatic carbocycles. The number of nitrogens with one attached hydrogen (secondary N) is 1. The zero-order chi connectivity index (χ0) is 19.2. The van der Waals surface area contributed by atoms with Gasteiger partial charge in [0.1, 0.15) is 0 Å². The van der Waals surface area contributed by atoms with Crippen LogP contribution < -0.4 is 10.1 Å². The fourth-order valence-electron chi connectivity index (χ4n) is 2.90. The molecule has 0 aliphatic heterocycles. The number of methoxy groups -OCH3 is 1. The molecule has 0 unspecified atom stereocenters. The Balaban J connectivity index is 1.51. The first-order chi connectivity index (χ1) is 13.1. The fraction of sp³-hybridized carbons (Fsp3) is 0.227. The van der Waals surface area contributed by atoms with Crippen molar-refractivity contribution >= 4 is 28.4 Å². The number of hydrogen-bond acceptors (Lipinski definition) is 3. The van der Waals surface area contributed by atoms with Crippen LogP contribution in [0.3, 0.4) is 0 Å². The summed E-state index contributed by atoms with van der Waals surface area (Å²) in [5, 5.41) is 5.36. The molecule has 0 spiro atoms. The van der Waals surface area contributed by atoms with E-state index in [-0.39, 0.29) is 23.5 Å². The number of benzene rings is 3. The molecule has 140 valence electrons. The van der Waals surface area contributed by atoms with Crippen molar-refractivity contribution in [2.45, 2.75) is 18.7 Å². The third-order valence-corrected chi connectivity index (χ3v) is 5.37. The number of fused-ring (bicyclic) bond motifs is 1. The molecule has 1 N–H and O–H groups in total. The van der Waals surface area contributed by atoms with Gasteiger partial charge in [0.2, 0.25) is 5.91 Å². The highest BCUT2D eigenvalue weighted by molar-refractivity contribution is 7.99. The van der Waals surface area contributed by atoms with Gasteiger partial charge in [0, 0.05) is 5.75 Å². The third kappa shape index (κ3) is 5.01. The molecule has 0 radical (unpaired) electrons. The number of carbonyl (C=O) groups excluding carboxylic acids is 1. The van der Waals surface area contributed by atoms with E-state index in [4.69, 9.17) is 4.74 Å². The van der Waals surface area contributed by atoms with Crippen LogP contribution in [0.25, 0.3) is 10.8 Å². The second-order valence-electron chi connectivity index (χ2n) is 6.36. The van der Waals surface area contributed by atoms with Gasteiger partial charge >= 0.3 is 0 Å². The van der Waals surface area contributed by atoms with Crippen molar-refractivity contribution in [2.75, 3.05) is 12.9 Å². The van der Waals surface area contributed by atoms with Crippen molar-refractivity contribution in [3.63, 3.8) is 0 Å². The molecule has 3 aromatic carbocycles. The Bertz CT molecular complexity index is 944. The van der Waals surface area contributed by atoms with Gasteiger partial charge in [-0.15, -0.1) is 11.8 Å². The van der Waals surface area contributed by atoms with Crippen LogP contribution in [0.1, 0.15) is 24.1 Å². The molecule has 27 heavy (non-hydrogen) atoms. The normalized spacial score (nSPS) is 12.0. The van der Waals surface area contributed by atoms with Crippen molar-refractivity contribution in [3.05, 3.63) is 77.6 Å². The van der Waals surface area contributed by atoms with Crippen LogP contribution in [0.15, 0.2) is 60.7 Å². The minimum absolute atomic E-state index is 0.0327. The number of halogens is 1. The molecule has 0 aromatic heterocycles. The van der Waals surface area contributed by atoms with Gasteiger partial charge in [-0.3, -0.25) is 4.79 Å². The van der Waals surface area contributed by atoms with Crippen molar-refractivity contribution in [1.82, 2.24) is 5.32 Å². The lowest BCUT2D eigenvalue weighted by molar-refractivity contribution is -0.119. The number of thioether (sulfide) groups is 1. The Hall–Kier alpha value is -2.53. The maximum atomic E-state index is 13.7. The quantitative estimate of drug-likeness (QED) is 0.617. The summed E-state index contributed by atoms with van der Waals surface area (Å²) in [6.07, 6.45) is 0. The Kier molecular flexibility index (Phi) is 6.35. The lowest BCUT2D eigenvalue weighted by Crippen LogP contribution is -2.28. The first-order valence-corrected chi connectivity index (χ1v) is 9.90. The molecule has 0 aliphatic rings. The maximum Gasteiger partial charge on any atom is 0.230 e. The molecule has 3 aromatic rings. The SMILES string of the molecule is COc1ccc(CSCC(=O)N[C@@H](C)c2ccc3ccccc3c2)cc1F. The largest absolute Gasteiger partial charge is 0.494 e. The molecule has 1 amide bonds. The van der Waals surface area contributed by atoms with Gasteiger partial charge in [-0.25, -0.2) is 4.39 Å². The molecule has 0 saturated carbocycles. The Labute approximate surface area is 162 Å². The van der Waals surface area contributed by atoms with Gasteiger partial charge in [-0.05, 0) is 47.0 Å². The Morgan fingerprint density at radius 3 is 2.63 bits per heavy atom. The van der Waals surface area contributed by atoms with E-state index in [1.165, 1.54) is 30.3 Å². The van der Waals surface area contributed by atoms with E-state index in [9.17, 15) is 9.18 Å². The van der Waals surface area contributed by atoms with Crippen molar-refractivity contribution in [1.29, 1.82) is 0 Å². The molecule has 1 atom stereocenters. The monoisotopic (exact) mass is 383 g/mol. The standard InChI is InChI=1S/C22H22FNO2S/c1-15(18-9-8-17-5-3-4-6-19(17)12-18)24-22(25)14-27-13-16-7-10-21(26-2)20(23)11-16/h3-12,15H,13-14H2,1-2H3,(H,24,25)/t15-/m0/s1. The molecular weight excluding hydrogens is 361 g/mol. The lowest BCUT2D eigenvalue weighted by Gasteiger charge is -2.15. The minimum Gasteiger partial charge on any atom is -0.494 e. The Morgan fingerprint density at radius 2 is 1.89 bits per heavy atom. The van der Waals surface area contributed by atoms with Gasteiger partial charge in [0.15, 0.2) is 11.6 Å². The zero-order valence-electron chi connectivity index (χ0n) is 15.4. The van der Waals surface area contributed by atoms with Crippen LogP contribution in [-0.4, -0.2) is 18.8 Å². The van der Waals surface area contributed by atoms with Gasteiger partial charge in [-0.1, -0.05) is 42.5 Å². The van der Waals surface area contributed by atoms with E-state index < -0.39 is 0 Å². The van der Waals surface area contributed by atoms with Crippen molar-refractivity contribution < 1.29 is 13.9 Å². The second kappa shape index (κ2) is 8.91. The molecule has 0 fully saturated rings. The molecule has 3 nitrogen and oxygen atoms in total. The Morgan fingerprint density at radius 1 is 1.11 bits per heavy atom. The van der Waals surface area contributed by atoms with E-state index in [1.807, 2.05) is 31.2 Å². The summed E-state index contributed by atoms with van der Waals surface area (Å²) >= 11 is 1.46. The predicted molar refractivity (Wildman–Crippen MR) is 110 cm³/mol. The van der Waals surface area contributed by atoms with Crippen LogP contribution in [-0.2, 0) is 10.5 Å². The van der Waals surface area contributed by atoms with Crippen LogP contribution >= 0.6 is 11.8 Å². The molecule has 0 saturated heterocycles. The highest BCUT2D eigenvalue weighted by Gasteiger charge is 2.11. The summed E-state index contributed by atoms with van der Waals surface area (Å²) in [7, 11) is 1.44. The average Bonchev–Trinajstić information content (AvgIpc) is 2.67. The second-order valence-corrected chi connectivity index (χ2v) is 7.34. The average molecular weight is 383 g/mol. The molecule has 3 rings (SSSR count). The lowest BCUT2D eigenvalue weighted by atomic mass is 10.0. The van der Waals surface area contributed by atoms with E-state index in [2.05, 4.69) is 29.6 Å². The molecule has 0 heterocycles. The summed E-state index contributed by atoms with van der Waals surface area (Å²) in [5.41, 5.74) is 1.90. The molecular formula is C22H22FNO2S. The van der Waals surface area contributed by atoms with Crippen LogP contribution in [0.2, 0.25) is 0 Å². The van der Waals surface area contributed by atoms with E-state index in [0.29, 0.717) is 11.5 Å². The summed E-state index contributed by atoms with van der Waals surface area (Å²) in [4.78, 5) is 12.2. The van der Waals surface area contributed by atoms with Crippen molar-refractivity contribution in [2.24, 2.45) is 0 Å². The van der Waals surface area contributed by atoms with Crippen molar-refractivity contribution in [3.8, 4) is 5.75 Å². The van der Waals surface area contributed by atoms with E-state index in [1.54, 1.807) is 6.07 Å². The first kappa shape index (κ1) is 19.2. The summed E-state index contributed by atoms with van der Waals surface area (Å²) in [6.45, 7) is 1.98. The van der Waals surface area contributed by atoms with Gasteiger partial charge in [-0.2, -0.15) is 0 Å². The van der Waals surface area contributed by atoms with E-state index >= 15 is 0 Å².